The van der Waals surface area contributed by atoms with Crippen LogP contribution in [-0.4, -0.2) is 38.9 Å². The molecule has 9 nitrogen and oxygen atoms in total. The molecule has 0 aliphatic carbocycles. The predicted octanol–water partition coefficient (Wildman–Crippen LogP) is -1.75. The van der Waals surface area contributed by atoms with Gasteiger partial charge in [-0.25, -0.2) is 25.3 Å². The summed E-state index contributed by atoms with van der Waals surface area (Å²) in [6.45, 7) is 0. The summed E-state index contributed by atoms with van der Waals surface area (Å²) >= 11 is 0. The van der Waals surface area contributed by atoms with Crippen molar-refractivity contribution in [2.75, 3.05) is 0 Å². The average Bonchev–Trinajstić information content (AvgIpc) is 1.41. The van der Waals surface area contributed by atoms with Gasteiger partial charge in [-0.05, 0) is 0 Å². The van der Waals surface area contributed by atoms with Gasteiger partial charge in [0.25, 0.3) is 31.5 Å². The van der Waals surface area contributed by atoms with E-state index in [1.165, 1.54) is 0 Å². The summed E-state index contributed by atoms with van der Waals surface area (Å²) in [5.74, 6) is 0. The Hall–Kier alpha value is 0.260. The van der Waals surface area contributed by atoms with Crippen molar-refractivity contribution in [2.24, 2.45) is 0 Å². The van der Waals surface area contributed by atoms with Gasteiger partial charge in [0.2, 0.25) is 0 Å². The third-order valence-electron chi connectivity index (χ3n) is 0. The Balaban J connectivity index is -0.0000000655. The van der Waals surface area contributed by atoms with Crippen LogP contribution in [-0.2, 0) is 53.9 Å². The fraction of sp³-hybridized carbons (Fsp3) is 0. The molecule has 0 amide bonds. The molecule has 0 aromatic rings. The first kappa shape index (κ1) is 25.2. The molecular formula is AuF3O9S3. The van der Waals surface area contributed by atoms with Crippen LogP contribution in [0.4, 0.5) is 11.7 Å². The molecule has 0 aliphatic rings. The van der Waals surface area contributed by atoms with Gasteiger partial charge in [0.15, 0.2) is 0 Å². The summed E-state index contributed by atoms with van der Waals surface area (Å²) in [7, 11) is -16.2. The smallest absolute Gasteiger partial charge is 0.722 e. The number of rotatable bonds is 0. The van der Waals surface area contributed by atoms with Crippen LogP contribution in [0, 0.1) is 0 Å². The summed E-state index contributed by atoms with van der Waals surface area (Å²) in [5.41, 5.74) is 0. The minimum atomic E-state index is -5.42. The second-order valence-corrected chi connectivity index (χ2v) is 3.54. The maximum Gasteiger partial charge on any atom is 3.00 e. The Kier molecular flexibility index (Phi) is 14.7. The zero-order valence-electron chi connectivity index (χ0n) is 6.33. The van der Waals surface area contributed by atoms with Gasteiger partial charge < -0.3 is 13.7 Å². The van der Waals surface area contributed by atoms with Crippen molar-refractivity contribution in [2.45, 2.75) is 0 Å². The maximum atomic E-state index is 10.1. The SMILES string of the molecule is O=S(=O)([O-])F.O=S(=O)([O-])F.O=S(=O)([O-])F.[Au+3]. The van der Waals surface area contributed by atoms with Crippen LogP contribution in [0.2, 0.25) is 0 Å². The molecule has 0 saturated carbocycles. The first-order valence-electron chi connectivity index (χ1n) is 1.96. The van der Waals surface area contributed by atoms with Crippen molar-refractivity contribution in [1.29, 1.82) is 0 Å². The van der Waals surface area contributed by atoms with Gasteiger partial charge in [-0.1, -0.05) is 0 Å². The van der Waals surface area contributed by atoms with Crippen LogP contribution in [0.3, 0.4) is 0 Å². The average molecular weight is 494 g/mol. The first-order valence-corrected chi connectivity index (χ1v) is 5.89. The van der Waals surface area contributed by atoms with Crippen molar-refractivity contribution >= 4 is 31.5 Å². The number of hydrogen-bond donors (Lipinski definition) is 0. The van der Waals surface area contributed by atoms with E-state index >= 15 is 0 Å². The van der Waals surface area contributed by atoms with E-state index in [1.807, 2.05) is 0 Å². The molecule has 0 aliphatic heterocycles. The number of halogens is 3. The Morgan fingerprint density at radius 3 is 0.562 bits per heavy atom. The molecule has 0 saturated heterocycles. The summed E-state index contributed by atoms with van der Waals surface area (Å²) in [6, 6.07) is 0. The van der Waals surface area contributed by atoms with Crippen LogP contribution in [0.5, 0.6) is 0 Å². The molecule has 0 radical (unpaired) electrons. The Labute approximate surface area is 104 Å². The Morgan fingerprint density at radius 2 is 0.562 bits per heavy atom. The van der Waals surface area contributed by atoms with Gasteiger partial charge in [0.05, 0.1) is 0 Å². The molecular weight excluding hydrogens is 494 g/mol. The van der Waals surface area contributed by atoms with E-state index < -0.39 is 31.5 Å². The molecule has 0 rings (SSSR count). The second-order valence-electron chi connectivity index (χ2n) is 1.18. The predicted molar refractivity (Wildman–Crippen MR) is 32.4 cm³/mol. The molecule has 0 unspecified atom stereocenters. The van der Waals surface area contributed by atoms with Crippen LogP contribution in [0.25, 0.3) is 0 Å². The molecule has 0 bridgehead atoms. The van der Waals surface area contributed by atoms with Crippen molar-refractivity contribution < 1.29 is 72.9 Å². The van der Waals surface area contributed by atoms with E-state index in [1.54, 1.807) is 0 Å². The molecule has 104 valence electrons. The van der Waals surface area contributed by atoms with Gasteiger partial charge in [0, 0.05) is 0 Å². The molecule has 0 fully saturated rings. The van der Waals surface area contributed by atoms with Crippen LogP contribution in [0.1, 0.15) is 0 Å². The second kappa shape index (κ2) is 9.31. The topological polar surface area (TPSA) is 172 Å². The zero-order chi connectivity index (χ0) is 13.5. The van der Waals surface area contributed by atoms with Gasteiger partial charge in [-0.2, -0.15) is 0 Å². The van der Waals surface area contributed by atoms with E-state index in [0.717, 1.165) is 0 Å². The van der Waals surface area contributed by atoms with E-state index in [-0.39, 0.29) is 22.4 Å². The summed E-state index contributed by atoms with van der Waals surface area (Å²) < 4.78 is 106. The van der Waals surface area contributed by atoms with Crippen LogP contribution >= 0.6 is 0 Å². The van der Waals surface area contributed by atoms with E-state index in [0.29, 0.717) is 0 Å². The molecule has 16 heteroatoms. The van der Waals surface area contributed by atoms with Gasteiger partial charge in [-0.15, -0.1) is 11.7 Å². The molecule has 0 aromatic heterocycles. The Bertz CT molecular complexity index is 347. The van der Waals surface area contributed by atoms with Gasteiger partial charge in [0.1, 0.15) is 0 Å². The van der Waals surface area contributed by atoms with E-state index in [2.05, 4.69) is 0 Å². The Morgan fingerprint density at radius 1 is 0.562 bits per heavy atom. The summed E-state index contributed by atoms with van der Waals surface area (Å²) in [4.78, 5) is 0. The van der Waals surface area contributed by atoms with E-state index in [9.17, 15) is 11.7 Å². The van der Waals surface area contributed by atoms with Crippen LogP contribution < -0.4 is 0 Å². The molecule has 16 heavy (non-hydrogen) atoms. The summed E-state index contributed by atoms with van der Waals surface area (Å²) in [5, 5.41) is 0. The minimum Gasteiger partial charge on any atom is -0.722 e. The van der Waals surface area contributed by atoms with E-state index in [4.69, 9.17) is 38.9 Å². The third-order valence-corrected chi connectivity index (χ3v) is 0. The molecule has 0 atom stereocenters. The molecule has 0 heterocycles. The normalized spacial score (nSPS) is 10.9. The molecule has 0 spiro atoms. The zero-order valence-corrected chi connectivity index (χ0v) is 11.0. The molecule has 0 N–H and O–H groups in total. The monoisotopic (exact) mass is 494 g/mol. The first-order chi connectivity index (χ1) is 6.00. The fourth-order valence-corrected chi connectivity index (χ4v) is 0. The fourth-order valence-electron chi connectivity index (χ4n) is 0. The summed E-state index contributed by atoms with van der Waals surface area (Å²) in [6.07, 6.45) is 0. The van der Waals surface area contributed by atoms with Crippen molar-refractivity contribution in [3.8, 4) is 0 Å². The van der Waals surface area contributed by atoms with Crippen LogP contribution in [0.15, 0.2) is 0 Å². The quantitative estimate of drug-likeness (QED) is 0.215. The van der Waals surface area contributed by atoms with Crippen molar-refractivity contribution in [3.05, 3.63) is 0 Å². The molecule has 0 aromatic carbocycles. The van der Waals surface area contributed by atoms with Crippen molar-refractivity contribution in [3.63, 3.8) is 0 Å². The standard InChI is InChI=1S/Au.3FHO3S/c;3*1-5(2,3)4/h;3*(H,2,3,4)/q+3;;;/p-3. The maximum absolute atomic E-state index is 10.1. The number of hydrogen-bond acceptors (Lipinski definition) is 9. The third kappa shape index (κ3) is 37000. The van der Waals surface area contributed by atoms with Gasteiger partial charge in [-0.3, -0.25) is 0 Å². The van der Waals surface area contributed by atoms with Gasteiger partial charge >= 0.3 is 22.4 Å². The van der Waals surface area contributed by atoms with Crippen molar-refractivity contribution in [1.82, 2.24) is 0 Å². The largest absolute Gasteiger partial charge is 3.00 e. The minimum absolute atomic E-state index is 0.